The minimum Gasteiger partial charge on any atom is -0.361 e. The van der Waals surface area contributed by atoms with Crippen molar-refractivity contribution in [2.75, 3.05) is 11.1 Å². The number of amides is 1. The minimum atomic E-state index is -0.0632. The summed E-state index contributed by atoms with van der Waals surface area (Å²) in [6.07, 6.45) is 0. The van der Waals surface area contributed by atoms with E-state index >= 15 is 0 Å². The quantitative estimate of drug-likeness (QED) is 0.393. The number of hydrogen-bond acceptors (Lipinski definition) is 5. The predicted molar refractivity (Wildman–Crippen MR) is 129 cm³/mol. The molecule has 0 aliphatic carbocycles. The van der Waals surface area contributed by atoms with Crippen molar-refractivity contribution in [3.05, 3.63) is 88.8 Å². The van der Waals surface area contributed by atoms with Gasteiger partial charge in [-0.2, -0.15) is 5.10 Å². The average molecular weight is 447 g/mol. The van der Waals surface area contributed by atoms with Crippen molar-refractivity contribution in [1.82, 2.24) is 14.9 Å². The maximum absolute atomic E-state index is 12.7. The number of nitrogens with one attached hydrogen (secondary N) is 1. The van der Waals surface area contributed by atoms with Crippen LogP contribution < -0.4 is 5.32 Å². The molecule has 0 saturated carbocycles. The smallest absolute Gasteiger partial charge is 0.235 e. The van der Waals surface area contributed by atoms with E-state index in [1.54, 1.807) is 0 Å². The summed E-state index contributed by atoms with van der Waals surface area (Å²) in [6, 6.07) is 20.3. The van der Waals surface area contributed by atoms with Crippen molar-refractivity contribution in [3.8, 4) is 11.3 Å². The normalized spacial score (nSPS) is 11.0. The molecular weight excluding hydrogens is 420 g/mol. The van der Waals surface area contributed by atoms with Gasteiger partial charge in [0.25, 0.3) is 0 Å². The molecule has 2 aromatic heterocycles. The highest BCUT2D eigenvalue weighted by atomic mass is 32.2. The van der Waals surface area contributed by atoms with Gasteiger partial charge in [-0.25, -0.2) is 4.68 Å². The summed E-state index contributed by atoms with van der Waals surface area (Å²) < 4.78 is 7.05. The minimum absolute atomic E-state index is 0.0632. The zero-order valence-corrected chi connectivity index (χ0v) is 19.3. The highest BCUT2D eigenvalue weighted by Crippen LogP contribution is 2.24. The summed E-state index contributed by atoms with van der Waals surface area (Å²) in [5, 5.41) is 11.8. The third-order valence-electron chi connectivity index (χ3n) is 5.20. The molecule has 6 nitrogen and oxygen atoms in total. The lowest BCUT2D eigenvalue weighted by atomic mass is 10.1. The first-order chi connectivity index (χ1) is 15.5. The van der Waals surface area contributed by atoms with Crippen LogP contribution in [0.1, 0.15) is 28.1 Å². The van der Waals surface area contributed by atoms with Gasteiger partial charge >= 0.3 is 0 Å². The molecule has 164 valence electrons. The zero-order chi connectivity index (χ0) is 22.5. The third kappa shape index (κ3) is 5.29. The molecule has 1 amide bonds. The summed E-state index contributed by atoms with van der Waals surface area (Å²) in [7, 11) is 0. The number of thioether (sulfide) groups is 1. The topological polar surface area (TPSA) is 73.0 Å². The molecule has 0 bridgehead atoms. The molecule has 0 radical (unpaired) electrons. The molecule has 0 unspecified atom stereocenters. The van der Waals surface area contributed by atoms with Gasteiger partial charge in [0, 0.05) is 22.9 Å². The van der Waals surface area contributed by atoms with E-state index < -0.39 is 0 Å². The summed E-state index contributed by atoms with van der Waals surface area (Å²) in [4.78, 5) is 12.7. The molecule has 0 atom stereocenters. The monoisotopic (exact) mass is 446 g/mol. The molecule has 7 heteroatoms. The van der Waals surface area contributed by atoms with Crippen LogP contribution in [0.2, 0.25) is 0 Å². The van der Waals surface area contributed by atoms with E-state index in [-0.39, 0.29) is 5.91 Å². The first kappa shape index (κ1) is 21.9. The molecule has 0 fully saturated rings. The van der Waals surface area contributed by atoms with Crippen LogP contribution in [0.5, 0.6) is 0 Å². The van der Waals surface area contributed by atoms with Gasteiger partial charge in [-0.3, -0.25) is 4.79 Å². The number of anilines is 1. The van der Waals surface area contributed by atoms with Crippen molar-refractivity contribution >= 4 is 23.5 Å². The fraction of sp³-hybridized carbons (Fsp3) is 0.240. The Labute approximate surface area is 192 Å². The Bertz CT molecular complexity index is 1190. The van der Waals surface area contributed by atoms with Crippen LogP contribution in [0.15, 0.2) is 65.2 Å². The van der Waals surface area contributed by atoms with Crippen LogP contribution in [0.25, 0.3) is 11.3 Å². The molecule has 4 aromatic rings. The second-order valence-electron chi connectivity index (χ2n) is 7.77. The molecule has 0 aliphatic rings. The van der Waals surface area contributed by atoms with E-state index in [2.05, 4.69) is 41.7 Å². The molecule has 2 aromatic carbocycles. The van der Waals surface area contributed by atoms with E-state index in [0.717, 1.165) is 33.8 Å². The largest absolute Gasteiger partial charge is 0.361 e. The third-order valence-corrected chi connectivity index (χ3v) is 6.16. The zero-order valence-electron chi connectivity index (χ0n) is 18.5. The molecule has 0 spiro atoms. The second kappa shape index (κ2) is 9.87. The number of aryl methyl sites for hydroxylation is 3. The van der Waals surface area contributed by atoms with Crippen LogP contribution in [0, 0.1) is 20.8 Å². The van der Waals surface area contributed by atoms with Gasteiger partial charge in [0.15, 0.2) is 0 Å². The molecule has 32 heavy (non-hydrogen) atoms. The van der Waals surface area contributed by atoms with Gasteiger partial charge in [0.1, 0.15) is 11.6 Å². The summed E-state index contributed by atoms with van der Waals surface area (Å²) >= 11 is 1.54. The summed E-state index contributed by atoms with van der Waals surface area (Å²) in [5.41, 5.74) is 6.08. The highest BCUT2D eigenvalue weighted by Gasteiger charge is 2.14. The van der Waals surface area contributed by atoms with Crippen molar-refractivity contribution in [2.45, 2.75) is 33.1 Å². The van der Waals surface area contributed by atoms with Crippen molar-refractivity contribution < 1.29 is 9.32 Å². The summed E-state index contributed by atoms with van der Waals surface area (Å²) in [6.45, 7) is 6.45. The Morgan fingerprint density at radius 2 is 1.88 bits per heavy atom. The maximum Gasteiger partial charge on any atom is 0.235 e. The van der Waals surface area contributed by atoms with Crippen molar-refractivity contribution in [2.24, 2.45) is 0 Å². The molecule has 4 rings (SSSR count). The van der Waals surface area contributed by atoms with Crippen LogP contribution in [0.4, 0.5) is 5.82 Å². The van der Waals surface area contributed by atoms with Crippen LogP contribution >= 0.6 is 11.8 Å². The predicted octanol–water partition coefficient (Wildman–Crippen LogP) is 5.38. The molecule has 0 saturated heterocycles. The number of benzene rings is 2. The average Bonchev–Trinajstić information content (AvgIpc) is 3.32. The van der Waals surface area contributed by atoms with Gasteiger partial charge in [-0.05, 0) is 32.4 Å². The Kier molecular flexibility index (Phi) is 6.75. The molecule has 1 N–H and O–H groups in total. The first-order valence-corrected chi connectivity index (χ1v) is 11.6. The van der Waals surface area contributed by atoms with E-state index in [0.29, 0.717) is 23.9 Å². The lowest BCUT2D eigenvalue weighted by Crippen LogP contribution is -2.18. The highest BCUT2D eigenvalue weighted by molar-refractivity contribution is 7.99. The fourth-order valence-corrected chi connectivity index (χ4v) is 4.45. The van der Waals surface area contributed by atoms with Gasteiger partial charge in [0.2, 0.25) is 5.91 Å². The molecular formula is C25H26N4O2S. The SMILES string of the molecule is Cc1cccc(-c2cc(NC(=O)CSCc3c(C)noc3C)n(Cc3ccccc3)n2)c1. The van der Waals surface area contributed by atoms with Gasteiger partial charge in [-0.1, -0.05) is 59.3 Å². The number of nitrogens with zero attached hydrogens (tertiary/aromatic N) is 3. The number of carbonyl (C=O) groups is 1. The Morgan fingerprint density at radius 3 is 2.59 bits per heavy atom. The number of carbonyl (C=O) groups excluding carboxylic acids is 1. The van der Waals surface area contributed by atoms with E-state index in [1.807, 2.05) is 54.9 Å². The van der Waals surface area contributed by atoms with Gasteiger partial charge in [0.05, 0.1) is 23.7 Å². The standard InChI is InChI=1S/C25H26N4O2S/c1-17-8-7-11-21(12-17)23-13-24(29(27-23)14-20-9-5-4-6-10-20)26-25(30)16-32-15-22-18(2)28-31-19(22)3/h4-13H,14-16H2,1-3H3,(H,26,30). The van der Waals surface area contributed by atoms with Crippen molar-refractivity contribution in [1.29, 1.82) is 0 Å². The van der Waals surface area contributed by atoms with Gasteiger partial charge in [-0.15, -0.1) is 11.8 Å². The summed E-state index contributed by atoms with van der Waals surface area (Å²) in [5.74, 6) is 2.45. The Morgan fingerprint density at radius 1 is 1.06 bits per heavy atom. The lowest BCUT2D eigenvalue weighted by molar-refractivity contribution is -0.113. The Balaban J connectivity index is 1.49. The van der Waals surface area contributed by atoms with Crippen LogP contribution in [-0.2, 0) is 17.1 Å². The van der Waals surface area contributed by atoms with Crippen LogP contribution in [-0.4, -0.2) is 26.6 Å². The Hall–Kier alpha value is -3.32. The van der Waals surface area contributed by atoms with Gasteiger partial charge < -0.3 is 9.84 Å². The lowest BCUT2D eigenvalue weighted by Gasteiger charge is -2.09. The fourth-order valence-electron chi connectivity index (χ4n) is 3.47. The number of aromatic nitrogens is 3. The molecule has 0 aliphatic heterocycles. The molecule has 2 heterocycles. The maximum atomic E-state index is 12.7. The first-order valence-electron chi connectivity index (χ1n) is 10.5. The second-order valence-corrected chi connectivity index (χ2v) is 8.76. The number of hydrogen-bond donors (Lipinski definition) is 1. The van der Waals surface area contributed by atoms with E-state index in [9.17, 15) is 4.79 Å². The van der Waals surface area contributed by atoms with Crippen LogP contribution in [0.3, 0.4) is 0 Å². The van der Waals surface area contributed by atoms with E-state index in [1.165, 1.54) is 17.3 Å². The van der Waals surface area contributed by atoms with Crippen molar-refractivity contribution in [3.63, 3.8) is 0 Å². The van der Waals surface area contributed by atoms with E-state index in [4.69, 9.17) is 9.62 Å². The number of rotatable bonds is 8.